The maximum atomic E-state index is 12.2. The summed E-state index contributed by atoms with van der Waals surface area (Å²) >= 11 is 0. The number of benzene rings is 2. The van der Waals surface area contributed by atoms with Crippen LogP contribution >= 0.6 is 0 Å². The van der Waals surface area contributed by atoms with E-state index in [0.717, 1.165) is 29.7 Å². The van der Waals surface area contributed by atoms with Crippen LogP contribution < -0.4 is 10.2 Å². The van der Waals surface area contributed by atoms with Gasteiger partial charge < -0.3 is 10.2 Å². The molecule has 2 aromatic carbocycles. The van der Waals surface area contributed by atoms with Crippen molar-refractivity contribution in [1.29, 1.82) is 0 Å². The molecule has 2 aromatic rings. The summed E-state index contributed by atoms with van der Waals surface area (Å²) in [6, 6.07) is 16.1. The maximum absolute atomic E-state index is 12.2. The first-order chi connectivity index (χ1) is 12.0. The number of nitrogens with zero attached hydrogens (tertiary/aromatic N) is 1. The number of aryl methyl sites for hydroxylation is 3. The number of amides is 2. The van der Waals surface area contributed by atoms with Crippen LogP contribution in [-0.2, 0) is 16.0 Å². The first kappa shape index (κ1) is 18.7. The molecule has 4 nitrogen and oxygen atoms in total. The zero-order valence-corrected chi connectivity index (χ0v) is 15.2. The Bertz CT molecular complexity index is 706. The van der Waals surface area contributed by atoms with Crippen molar-refractivity contribution >= 4 is 17.5 Å². The molecule has 0 atom stereocenters. The fourth-order valence-electron chi connectivity index (χ4n) is 2.86. The molecular formula is C21H26N2O2. The summed E-state index contributed by atoms with van der Waals surface area (Å²) in [5.74, 6) is -0.271. The molecular weight excluding hydrogens is 312 g/mol. The van der Waals surface area contributed by atoms with Crippen molar-refractivity contribution in [1.82, 2.24) is 5.32 Å². The predicted octanol–water partition coefficient (Wildman–Crippen LogP) is 3.41. The van der Waals surface area contributed by atoms with Crippen LogP contribution in [0.2, 0.25) is 0 Å². The average molecular weight is 338 g/mol. The van der Waals surface area contributed by atoms with Gasteiger partial charge in [-0.15, -0.1) is 0 Å². The van der Waals surface area contributed by atoms with Gasteiger partial charge in [0, 0.05) is 19.2 Å². The van der Waals surface area contributed by atoms with Gasteiger partial charge in [-0.3, -0.25) is 9.59 Å². The highest BCUT2D eigenvalue weighted by Gasteiger charge is 2.16. The summed E-state index contributed by atoms with van der Waals surface area (Å²) in [4.78, 5) is 25.7. The van der Waals surface area contributed by atoms with Gasteiger partial charge in [0.05, 0.1) is 0 Å². The van der Waals surface area contributed by atoms with E-state index in [1.807, 2.05) is 50.2 Å². The second kappa shape index (κ2) is 9.02. The van der Waals surface area contributed by atoms with Crippen molar-refractivity contribution in [3.63, 3.8) is 0 Å². The molecule has 0 fully saturated rings. The van der Waals surface area contributed by atoms with Gasteiger partial charge in [-0.05, 0) is 55.5 Å². The minimum Gasteiger partial charge on any atom is -0.355 e. The lowest BCUT2D eigenvalue weighted by atomic mass is 10.1. The summed E-state index contributed by atoms with van der Waals surface area (Å²) < 4.78 is 0. The molecule has 132 valence electrons. The van der Waals surface area contributed by atoms with Crippen LogP contribution in [-0.4, -0.2) is 24.9 Å². The number of nitrogens with one attached hydrogen (secondary N) is 1. The lowest BCUT2D eigenvalue weighted by Crippen LogP contribution is -2.40. The van der Waals surface area contributed by atoms with Gasteiger partial charge in [-0.2, -0.15) is 0 Å². The summed E-state index contributed by atoms with van der Waals surface area (Å²) in [6.45, 7) is 6.10. The van der Waals surface area contributed by atoms with Gasteiger partial charge in [0.15, 0.2) is 0 Å². The molecule has 25 heavy (non-hydrogen) atoms. The average Bonchev–Trinajstić information content (AvgIpc) is 2.56. The largest absolute Gasteiger partial charge is 0.355 e. The predicted molar refractivity (Wildman–Crippen MR) is 102 cm³/mol. The molecule has 0 aliphatic carbocycles. The van der Waals surface area contributed by atoms with E-state index >= 15 is 0 Å². The number of carbonyl (C=O) groups excluding carboxylic acids is 2. The van der Waals surface area contributed by atoms with E-state index < -0.39 is 0 Å². The monoisotopic (exact) mass is 338 g/mol. The lowest BCUT2D eigenvalue weighted by Gasteiger charge is -2.21. The first-order valence-corrected chi connectivity index (χ1v) is 8.63. The van der Waals surface area contributed by atoms with E-state index in [0.29, 0.717) is 6.54 Å². The molecule has 0 radical (unpaired) electrons. The molecule has 2 amide bonds. The Labute approximate surface area is 149 Å². The molecule has 0 spiro atoms. The molecule has 0 saturated carbocycles. The van der Waals surface area contributed by atoms with Crippen molar-refractivity contribution in [3.8, 4) is 0 Å². The Hall–Kier alpha value is -2.62. The highest BCUT2D eigenvalue weighted by Crippen LogP contribution is 2.18. The Kier molecular flexibility index (Phi) is 6.75. The van der Waals surface area contributed by atoms with E-state index in [-0.39, 0.29) is 18.4 Å². The quantitative estimate of drug-likeness (QED) is 0.787. The van der Waals surface area contributed by atoms with Gasteiger partial charge in [0.25, 0.3) is 0 Å². The van der Waals surface area contributed by atoms with Crippen LogP contribution in [0.1, 0.15) is 30.0 Å². The zero-order chi connectivity index (χ0) is 18.2. The zero-order valence-electron chi connectivity index (χ0n) is 15.2. The smallest absolute Gasteiger partial charge is 0.240 e. The van der Waals surface area contributed by atoms with Crippen molar-refractivity contribution < 1.29 is 9.59 Å². The molecule has 1 N–H and O–H groups in total. The molecule has 0 bridgehead atoms. The fourth-order valence-corrected chi connectivity index (χ4v) is 2.86. The second-order valence-corrected chi connectivity index (χ2v) is 6.39. The third-order valence-corrected chi connectivity index (χ3v) is 4.01. The van der Waals surface area contributed by atoms with Crippen LogP contribution in [0.25, 0.3) is 0 Å². The second-order valence-electron chi connectivity index (χ2n) is 6.39. The molecule has 0 aliphatic heterocycles. The first-order valence-electron chi connectivity index (χ1n) is 8.63. The van der Waals surface area contributed by atoms with E-state index in [4.69, 9.17) is 0 Å². The molecule has 0 saturated heterocycles. The third kappa shape index (κ3) is 6.07. The normalized spacial score (nSPS) is 10.4. The van der Waals surface area contributed by atoms with E-state index in [1.165, 1.54) is 17.4 Å². The van der Waals surface area contributed by atoms with Gasteiger partial charge in [-0.25, -0.2) is 0 Å². The number of rotatable bonds is 7. The highest BCUT2D eigenvalue weighted by atomic mass is 16.2. The van der Waals surface area contributed by atoms with Gasteiger partial charge in [-0.1, -0.05) is 36.4 Å². The molecule has 0 unspecified atom stereocenters. The summed E-state index contributed by atoms with van der Waals surface area (Å²) in [6.07, 6.45) is 1.80. The van der Waals surface area contributed by atoms with Crippen molar-refractivity contribution in [3.05, 3.63) is 65.2 Å². The van der Waals surface area contributed by atoms with Gasteiger partial charge >= 0.3 is 0 Å². The summed E-state index contributed by atoms with van der Waals surface area (Å²) in [7, 11) is 0. The molecule has 0 aromatic heterocycles. The molecule has 0 heterocycles. The standard InChI is InChI=1S/C21H26N2O2/c1-16-12-17(2)14-20(13-16)23(18(3)24)15-21(25)22-11-7-10-19-8-5-4-6-9-19/h4-6,8-9,12-14H,7,10-11,15H2,1-3H3,(H,22,25). The fraction of sp³-hybridized carbons (Fsp3) is 0.333. The Morgan fingerprint density at radius 3 is 2.24 bits per heavy atom. The van der Waals surface area contributed by atoms with Crippen molar-refractivity contribution in [2.24, 2.45) is 0 Å². The molecule has 2 rings (SSSR count). The number of hydrogen-bond acceptors (Lipinski definition) is 2. The topological polar surface area (TPSA) is 49.4 Å². The Morgan fingerprint density at radius 1 is 1.00 bits per heavy atom. The highest BCUT2D eigenvalue weighted by molar-refractivity contribution is 5.97. The van der Waals surface area contributed by atoms with Crippen LogP contribution in [0.3, 0.4) is 0 Å². The summed E-state index contributed by atoms with van der Waals surface area (Å²) in [5, 5.41) is 2.90. The van der Waals surface area contributed by atoms with Crippen molar-refractivity contribution in [2.75, 3.05) is 18.0 Å². The minimum absolute atomic E-state index is 0.0452. The minimum atomic E-state index is -0.137. The van der Waals surface area contributed by atoms with Crippen LogP contribution in [0.15, 0.2) is 48.5 Å². The molecule has 4 heteroatoms. The van der Waals surface area contributed by atoms with Gasteiger partial charge in [0.1, 0.15) is 6.54 Å². The van der Waals surface area contributed by atoms with Crippen LogP contribution in [0.4, 0.5) is 5.69 Å². The van der Waals surface area contributed by atoms with Crippen LogP contribution in [0, 0.1) is 13.8 Å². The maximum Gasteiger partial charge on any atom is 0.240 e. The SMILES string of the molecule is CC(=O)N(CC(=O)NCCCc1ccccc1)c1cc(C)cc(C)c1. The number of anilines is 1. The Morgan fingerprint density at radius 2 is 1.64 bits per heavy atom. The van der Waals surface area contributed by atoms with E-state index in [9.17, 15) is 9.59 Å². The number of carbonyl (C=O) groups is 2. The van der Waals surface area contributed by atoms with Gasteiger partial charge in [0.2, 0.25) is 11.8 Å². The van der Waals surface area contributed by atoms with Crippen molar-refractivity contribution in [2.45, 2.75) is 33.6 Å². The molecule has 0 aliphatic rings. The summed E-state index contributed by atoms with van der Waals surface area (Å²) in [5.41, 5.74) is 4.18. The lowest BCUT2D eigenvalue weighted by molar-refractivity contribution is -0.123. The van der Waals surface area contributed by atoms with Crippen LogP contribution in [0.5, 0.6) is 0 Å². The van der Waals surface area contributed by atoms with E-state index in [2.05, 4.69) is 17.4 Å². The third-order valence-electron chi connectivity index (χ3n) is 4.01. The Balaban J connectivity index is 1.86. The number of hydrogen-bond donors (Lipinski definition) is 1. The van der Waals surface area contributed by atoms with E-state index in [1.54, 1.807) is 0 Å².